The van der Waals surface area contributed by atoms with E-state index in [0.29, 0.717) is 18.8 Å². The van der Waals surface area contributed by atoms with E-state index in [0.717, 1.165) is 6.07 Å². The van der Waals surface area contributed by atoms with Gasteiger partial charge in [-0.05, 0) is 24.3 Å². The van der Waals surface area contributed by atoms with E-state index < -0.39 is 34.6 Å². The standard InChI is InChI=1S/C27H25F3N4O3S/c1-18(27(35,15-34-17-32-16-33-34)22-6-4-7-23(28)26(22)30)38-21-13-36-25(37-14-21)8-3-2-5-20-10-9-19(12-31)11-24(20)29/h2-11,16-18,21,25,35H,13-15H2,1H3/b5-2+,8-3+/t18?,21-,25-,27?. The summed E-state index contributed by atoms with van der Waals surface area (Å²) in [4.78, 5) is 3.87. The smallest absolute Gasteiger partial charge is 0.177 e. The Morgan fingerprint density at radius 1 is 1.21 bits per heavy atom. The molecule has 0 amide bonds. The Morgan fingerprint density at radius 3 is 2.68 bits per heavy atom. The SMILES string of the molecule is CC(S[C@H]1CO[C@H](/C=C/C=C/c2ccc(C#N)cc2F)OC1)C(O)(Cn1cncn1)c1cccc(F)c1F. The number of aliphatic hydroxyl groups is 1. The first kappa shape index (κ1) is 27.6. The van der Waals surface area contributed by atoms with Crippen molar-refractivity contribution in [3.05, 3.63) is 101 Å². The highest BCUT2D eigenvalue weighted by Gasteiger charge is 2.41. The van der Waals surface area contributed by atoms with Crippen molar-refractivity contribution in [2.24, 2.45) is 0 Å². The van der Waals surface area contributed by atoms with Gasteiger partial charge in [-0.25, -0.2) is 22.8 Å². The van der Waals surface area contributed by atoms with Crippen LogP contribution in [0.15, 0.2) is 67.3 Å². The minimum absolute atomic E-state index is 0.131. The van der Waals surface area contributed by atoms with E-state index in [9.17, 15) is 18.3 Å². The number of hydrogen-bond acceptors (Lipinski definition) is 7. The Labute approximate surface area is 222 Å². The van der Waals surface area contributed by atoms with Crippen LogP contribution in [0.25, 0.3) is 6.08 Å². The number of nitriles is 1. The lowest BCUT2D eigenvalue weighted by molar-refractivity contribution is -0.146. The second kappa shape index (κ2) is 12.4. The molecule has 3 aromatic rings. The molecule has 0 aliphatic carbocycles. The molecule has 1 N–H and O–H groups in total. The zero-order valence-corrected chi connectivity index (χ0v) is 21.2. The van der Waals surface area contributed by atoms with Gasteiger partial charge in [0.25, 0.3) is 0 Å². The molecule has 1 fully saturated rings. The third-order valence-electron chi connectivity index (χ3n) is 6.03. The van der Waals surface area contributed by atoms with E-state index in [4.69, 9.17) is 14.7 Å². The normalized spacial score (nSPS) is 20.4. The van der Waals surface area contributed by atoms with Gasteiger partial charge in [-0.3, -0.25) is 0 Å². The van der Waals surface area contributed by atoms with Crippen molar-refractivity contribution in [2.45, 2.75) is 35.9 Å². The lowest BCUT2D eigenvalue weighted by Gasteiger charge is -2.37. The summed E-state index contributed by atoms with van der Waals surface area (Å²) in [6.45, 7) is 2.19. The van der Waals surface area contributed by atoms with Crippen LogP contribution in [0.3, 0.4) is 0 Å². The molecule has 1 aliphatic heterocycles. The summed E-state index contributed by atoms with van der Waals surface area (Å²) in [5.41, 5.74) is -1.37. The molecule has 1 aromatic heterocycles. The lowest BCUT2D eigenvalue weighted by atomic mass is 9.90. The first-order chi connectivity index (χ1) is 18.3. The van der Waals surface area contributed by atoms with E-state index in [2.05, 4.69) is 10.1 Å². The predicted molar refractivity (Wildman–Crippen MR) is 136 cm³/mol. The van der Waals surface area contributed by atoms with Crippen LogP contribution in [-0.4, -0.2) is 49.9 Å². The van der Waals surface area contributed by atoms with Gasteiger partial charge >= 0.3 is 0 Å². The third-order valence-corrected chi connectivity index (χ3v) is 7.49. The molecule has 7 nitrogen and oxygen atoms in total. The first-order valence-corrected chi connectivity index (χ1v) is 12.7. The van der Waals surface area contributed by atoms with Crippen LogP contribution in [0.5, 0.6) is 0 Å². The molecule has 4 rings (SSSR count). The summed E-state index contributed by atoms with van der Waals surface area (Å²) in [6, 6.07) is 9.83. The average molecular weight is 543 g/mol. The monoisotopic (exact) mass is 542 g/mol. The molecule has 1 saturated heterocycles. The van der Waals surface area contributed by atoms with Gasteiger partial charge < -0.3 is 14.6 Å². The molecule has 0 radical (unpaired) electrons. The Hall–Kier alpha value is -3.43. The maximum Gasteiger partial charge on any atom is 0.177 e. The summed E-state index contributed by atoms with van der Waals surface area (Å²) in [7, 11) is 0. The molecular weight excluding hydrogens is 517 g/mol. The van der Waals surface area contributed by atoms with E-state index >= 15 is 0 Å². The Balaban J connectivity index is 1.36. The largest absolute Gasteiger partial charge is 0.382 e. The van der Waals surface area contributed by atoms with Crippen LogP contribution in [0, 0.1) is 28.8 Å². The average Bonchev–Trinajstić information content (AvgIpc) is 3.42. The minimum atomic E-state index is -1.80. The zero-order valence-electron chi connectivity index (χ0n) is 20.4. The molecule has 2 aromatic carbocycles. The highest BCUT2D eigenvalue weighted by molar-refractivity contribution is 8.00. The number of nitrogens with zero attached hydrogens (tertiary/aromatic N) is 4. The van der Waals surface area contributed by atoms with Gasteiger partial charge in [0.1, 0.15) is 24.1 Å². The summed E-state index contributed by atoms with van der Waals surface area (Å²) >= 11 is 1.34. The second-order valence-corrected chi connectivity index (χ2v) is 10.3. The molecule has 0 saturated carbocycles. The minimum Gasteiger partial charge on any atom is -0.382 e. The summed E-state index contributed by atoms with van der Waals surface area (Å²) in [6.07, 6.45) is 8.62. The molecule has 1 aliphatic rings. The van der Waals surface area contributed by atoms with Crippen LogP contribution < -0.4 is 0 Å². The van der Waals surface area contributed by atoms with Crippen LogP contribution in [0.2, 0.25) is 0 Å². The number of allylic oxidation sites excluding steroid dienone is 2. The molecule has 0 bridgehead atoms. The van der Waals surface area contributed by atoms with Crippen molar-refractivity contribution in [2.75, 3.05) is 13.2 Å². The summed E-state index contributed by atoms with van der Waals surface area (Å²) in [5, 5.41) is 23.7. The van der Waals surface area contributed by atoms with Gasteiger partial charge in [0.2, 0.25) is 0 Å². The van der Waals surface area contributed by atoms with E-state index in [-0.39, 0.29) is 22.9 Å². The molecule has 2 unspecified atom stereocenters. The van der Waals surface area contributed by atoms with Gasteiger partial charge in [0.05, 0.1) is 36.6 Å². The lowest BCUT2D eigenvalue weighted by Crippen LogP contribution is -2.44. The predicted octanol–water partition coefficient (Wildman–Crippen LogP) is 4.59. The third kappa shape index (κ3) is 6.52. The molecule has 2 heterocycles. The Morgan fingerprint density at radius 2 is 2.00 bits per heavy atom. The fraction of sp³-hybridized carbons (Fsp3) is 0.296. The van der Waals surface area contributed by atoms with Crippen LogP contribution in [0.4, 0.5) is 13.2 Å². The molecule has 2 atom stereocenters. The summed E-state index contributed by atoms with van der Waals surface area (Å²) < 4.78 is 55.6. The van der Waals surface area contributed by atoms with Crippen molar-refractivity contribution in [3.8, 4) is 6.07 Å². The Kier molecular flexibility index (Phi) is 9.01. The van der Waals surface area contributed by atoms with Gasteiger partial charge in [-0.1, -0.05) is 43.4 Å². The second-order valence-electron chi connectivity index (χ2n) is 8.65. The molecular formula is C27H25F3N4O3S. The molecule has 0 spiro atoms. The number of halogens is 3. The maximum absolute atomic E-state index is 14.7. The quantitative estimate of drug-likeness (QED) is 0.396. The van der Waals surface area contributed by atoms with E-state index in [1.165, 1.54) is 59.4 Å². The van der Waals surface area contributed by atoms with Crippen molar-refractivity contribution in [1.82, 2.24) is 14.8 Å². The number of thioether (sulfide) groups is 1. The van der Waals surface area contributed by atoms with Crippen molar-refractivity contribution < 1.29 is 27.8 Å². The number of aromatic nitrogens is 3. The van der Waals surface area contributed by atoms with Gasteiger partial charge in [0, 0.05) is 16.4 Å². The molecule has 11 heteroatoms. The highest BCUT2D eigenvalue weighted by Crippen LogP contribution is 2.39. The van der Waals surface area contributed by atoms with Crippen LogP contribution in [-0.2, 0) is 21.6 Å². The fourth-order valence-electron chi connectivity index (χ4n) is 3.97. The topological polar surface area (TPSA) is 93.2 Å². The van der Waals surface area contributed by atoms with E-state index in [1.54, 1.807) is 31.2 Å². The number of ether oxygens (including phenoxy) is 2. The zero-order chi connectivity index (χ0) is 27.1. The van der Waals surface area contributed by atoms with Crippen LogP contribution in [0.1, 0.15) is 23.6 Å². The number of hydrogen-bond donors (Lipinski definition) is 1. The Bertz CT molecular complexity index is 1340. The number of rotatable bonds is 9. The van der Waals surface area contributed by atoms with Crippen LogP contribution >= 0.6 is 11.8 Å². The van der Waals surface area contributed by atoms with Crippen molar-refractivity contribution in [3.63, 3.8) is 0 Å². The van der Waals surface area contributed by atoms with Crippen molar-refractivity contribution in [1.29, 1.82) is 5.26 Å². The van der Waals surface area contributed by atoms with E-state index in [1.807, 2.05) is 6.07 Å². The van der Waals surface area contributed by atoms with Crippen molar-refractivity contribution >= 4 is 17.8 Å². The summed E-state index contributed by atoms with van der Waals surface area (Å²) in [5.74, 6) is -2.65. The molecule has 38 heavy (non-hydrogen) atoms. The van der Waals surface area contributed by atoms with Gasteiger partial charge in [-0.2, -0.15) is 10.4 Å². The number of benzene rings is 2. The first-order valence-electron chi connectivity index (χ1n) is 11.7. The van der Waals surface area contributed by atoms with Gasteiger partial charge in [-0.15, -0.1) is 11.8 Å². The van der Waals surface area contributed by atoms with Gasteiger partial charge in [0.15, 0.2) is 17.9 Å². The highest BCUT2D eigenvalue weighted by atomic mass is 32.2. The molecule has 198 valence electrons. The fourth-order valence-corrected chi connectivity index (χ4v) is 5.29. The maximum atomic E-state index is 14.7.